The number of Topliss-reactive ketones (excluding diaryl/α,β-unsaturated/α-hetero) is 1. The van der Waals surface area contributed by atoms with Crippen molar-refractivity contribution in [1.29, 1.82) is 0 Å². The topological polar surface area (TPSA) is 29.1 Å². The summed E-state index contributed by atoms with van der Waals surface area (Å²) in [7, 11) is 0. The Morgan fingerprint density at radius 2 is 1.93 bits per heavy atom. The monoisotopic (exact) mass is 211 g/mol. The van der Waals surface area contributed by atoms with Gasteiger partial charge in [-0.25, -0.2) is 0 Å². The van der Waals surface area contributed by atoms with E-state index < -0.39 is 12.7 Å². The Bertz CT molecular complexity index is 168. The average Bonchev–Trinajstić information content (AvgIpc) is 2.02. The summed E-state index contributed by atoms with van der Waals surface area (Å²) in [5.74, 6) is -0.150. The third kappa shape index (κ3) is 9.51. The van der Waals surface area contributed by atoms with Crippen LogP contribution in [0.1, 0.15) is 32.6 Å². The largest absolute Gasteiger partial charge is 0.401 e. The van der Waals surface area contributed by atoms with E-state index in [2.05, 4.69) is 5.32 Å². The van der Waals surface area contributed by atoms with Gasteiger partial charge in [-0.05, 0) is 6.42 Å². The van der Waals surface area contributed by atoms with Crippen molar-refractivity contribution in [3.63, 3.8) is 0 Å². The van der Waals surface area contributed by atoms with E-state index in [0.717, 1.165) is 19.3 Å². The average molecular weight is 211 g/mol. The van der Waals surface area contributed by atoms with Crippen molar-refractivity contribution in [3.05, 3.63) is 0 Å². The summed E-state index contributed by atoms with van der Waals surface area (Å²) in [5, 5.41) is 2.08. The van der Waals surface area contributed by atoms with Crippen LogP contribution in [0.4, 0.5) is 13.2 Å². The van der Waals surface area contributed by atoms with Gasteiger partial charge >= 0.3 is 6.18 Å². The summed E-state index contributed by atoms with van der Waals surface area (Å²) < 4.78 is 34.9. The Morgan fingerprint density at radius 1 is 1.29 bits per heavy atom. The molecular formula is C9H16F3NO. The van der Waals surface area contributed by atoms with Gasteiger partial charge in [-0.15, -0.1) is 0 Å². The van der Waals surface area contributed by atoms with Crippen LogP contribution in [0.15, 0.2) is 0 Å². The summed E-state index contributed by atoms with van der Waals surface area (Å²) in [5.41, 5.74) is 0. The second-order valence-electron chi connectivity index (χ2n) is 3.21. The van der Waals surface area contributed by atoms with Gasteiger partial charge in [-0.3, -0.25) is 4.79 Å². The number of alkyl halides is 3. The molecule has 0 saturated carbocycles. The predicted molar refractivity (Wildman–Crippen MR) is 48.1 cm³/mol. The summed E-state index contributed by atoms with van der Waals surface area (Å²) in [6.07, 6.45) is -1.14. The molecule has 0 fully saturated rings. The van der Waals surface area contributed by atoms with Gasteiger partial charge in [-0.1, -0.05) is 19.8 Å². The Morgan fingerprint density at radius 3 is 2.43 bits per heavy atom. The molecule has 0 unspecified atom stereocenters. The Labute approximate surface area is 81.9 Å². The number of ketones is 1. The Balaban J connectivity index is 3.36. The molecule has 0 spiro atoms. The molecule has 0 aliphatic heterocycles. The van der Waals surface area contributed by atoms with E-state index in [0.29, 0.717) is 6.42 Å². The molecule has 0 rings (SSSR count). The van der Waals surface area contributed by atoms with Gasteiger partial charge in [0.05, 0.1) is 13.1 Å². The van der Waals surface area contributed by atoms with E-state index in [4.69, 9.17) is 0 Å². The molecule has 1 N–H and O–H groups in total. The fourth-order valence-corrected chi connectivity index (χ4v) is 1.00. The number of carbonyl (C=O) groups excluding carboxylic acids is 1. The zero-order valence-electron chi connectivity index (χ0n) is 8.28. The minimum Gasteiger partial charge on any atom is -0.302 e. The van der Waals surface area contributed by atoms with Crippen LogP contribution in [0.25, 0.3) is 0 Å². The molecule has 0 amide bonds. The van der Waals surface area contributed by atoms with Gasteiger partial charge < -0.3 is 5.32 Å². The molecule has 0 aliphatic carbocycles. The maximum atomic E-state index is 11.6. The predicted octanol–water partition coefficient (Wildman–Crippen LogP) is 2.29. The quantitative estimate of drug-likeness (QED) is 0.654. The van der Waals surface area contributed by atoms with Crippen LogP contribution in [0.2, 0.25) is 0 Å². The molecule has 0 aromatic carbocycles. The molecule has 0 radical (unpaired) electrons. The number of carbonyl (C=O) groups is 1. The van der Waals surface area contributed by atoms with Gasteiger partial charge in [0.2, 0.25) is 0 Å². The van der Waals surface area contributed by atoms with E-state index in [9.17, 15) is 18.0 Å². The van der Waals surface area contributed by atoms with E-state index in [1.54, 1.807) is 0 Å². The third-order valence-electron chi connectivity index (χ3n) is 1.71. The lowest BCUT2D eigenvalue weighted by Gasteiger charge is -2.07. The minimum absolute atomic E-state index is 0.150. The molecule has 0 aromatic heterocycles. The van der Waals surface area contributed by atoms with Crippen LogP contribution in [-0.4, -0.2) is 25.0 Å². The summed E-state index contributed by atoms with van der Waals surface area (Å²) in [6, 6.07) is 0. The maximum absolute atomic E-state index is 11.6. The highest BCUT2D eigenvalue weighted by atomic mass is 19.4. The van der Waals surface area contributed by atoms with Crippen LogP contribution >= 0.6 is 0 Å². The molecule has 84 valence electrons. The van der Waals surface area contributed by atoms with Gasteiger partial charge in [0, 0.05) is 6.42 Å². The molecule has 0 bridgehead atoms. The van der Waals surface area contributed by atoms with Crippen LogP contribution in [-0.2, 0) is 4.79 Å². The van der Waals surface area contributed by atoms with Crippen molar-refractivity contribution < 1.29 is 18.0 Å². The van der Waals surface area contributed by atoms with Crippen molar-refractivity contribution in [2.45, 2.75) is 38.8 Å². The molecule has 0 aliphatic rings. The molecule has 0 heterocycles. The second kappa shape index (κ2) is 6.81. The molecular weight excluding hydrogens is 195 g/mol. The summed E-state index contributed by atoms with van der Waals surface area (Å²) >= 11 is 0. The molecule has 0 atom stereocenters. The molecule has 5 heteroatoms. The number of hydrogen-bond acceptors (Lipinski definition) is 2. The van der Waals surface area contributed by atoms with Crippen LogP contribution < -0.4 is 5.32 Å². The van der Waals surface area contributed by atoms with E-state index >= 15 is 0 Å². The zero-order chi connectivity index (χ0) is 11.0. The summed E-state index contributed by atoms with van der Waals surface area (Å²) in [4.78, 5) is 11.0. The van der Waals surface area contributed by atoms with Crippen molar-refractivity contribution in [1.82, 2.24) is 5.32 Å². The van der Waals surface area contributed by atoms with Crippen molar-refractivity contribution >= 4 is 5.78 Å². The van der Waals surface area contributed by atoms with Crippen molar-refractivity contribution in [2.24, 2.45) is 0 Å². The second-order valence-corrected chi connectivity index (χ2v) is 3.21. The molecule has 0 saturated heterocycles. The molecule has 2 nitrogen and oxygen atoms in total. The SMILES string of the molecule is CCCCCC(=O)CNCC(F)(F)F. The highest BCUT2D eigenvalue weighted by molar-refractivity contribution is 5.80. The minimum atomic E-state index is -4.23. The number of unbranched alkanes of at least 4 members (excludes halogenated alkanes) is 2. The Hall–Kier alpha value is -0.580. The highest BCUT2D eigenvalue weighted by Crippen LogP contribution is 2.11. The third-order valence-corrected chi connectivity index (χ3v) is 1.71. The van der Waals surface area contributed by atoms with Crippen LogP contribution in [0, 0.1) is 0 Å². The fraction of sp³-hybridized carbons (Fsp3) is 0.889. The lowest BCUT2D eigenvalue weighted by atomic mass is 10.1. The maximum Gasteiger partial charge on any atom is 0.401 e. The van der Waals surface area contributed by atoms with Gasteiger partial charge in [0.1, 0.15) is 5.78 Å². The van der Waals surface area contributed by atoms with E-state index in [1.165, 1.54) is 0 Å². The standard InChI is InChI=1S/C9H16F3NO/c1-2-3-4-5-8(14)6-13-7-9(10,11)12/h13H,2-7H2,1H3. The zero-order valence-corrected chi connectivity index (χ0v) is 8.28. The molecule has 14 heavy (non-hydrogen) atoms. The first kappa shape index (κ1) is 13.4. The summed E-state index contributed by atoms with van der Waals surface area (Å²) in [6.45, 7) is 0.738. The normalized spacial score (nSPS) is 11.7. The van der Waals surface area contributed by atoms with E-state index in [-0.39, 0.29) is 12.3 Å². The number of nitrogens with one attached hydrogen (secondary N) is 1. The number of rotatable bonds is 7. The first-order chi connectivity index (χ1) is 6.45. The van der Waals surface area contributed by atoms with Crippen LogP contribution in [0.5, 0.6) is 0 Å². The highest BCUT2D eigenvalue weighted by Gasteiger charge is 2.26. The van der Waals surface area contributed by atoms with Gasteiger partial charge in [0.15, 0.2) is 0 Å². The fourth-order valence-electron chi connectivity index (χ4n) is 1.00. The van der Waals surface area contributed by atoms with Crippen molar-refractivity contribution in [2.75, 3.05) is 13.1 Å². The number of hydrogen-bond donors (Lipinski definition) is 1. The van der Waals surface area contributed by atoms with Gasteiger partial charge in [-0.2, -0.15) is 13.2 Å². The van der Waals surface area contributed by atoms with Gasteiger partial charge in [0.25, 0.3) is 0 Å². The first-order valence-corrected chi connectivity index (χ1v) is 4.75. The smallest absolute Gasteiger partial charge is 0.302 e. The van der Waals surface area contributed by atoms with Crippen molar-refractivity contribution in [3.8, 4) is 0 Å². The lowest BCUT2D eigenvalue weighted by molar-refractivity contribution is -0.127. The Kier molecular flexibility index (Phi) is 6.53. The number of halogens is 3. The first-order valence-electron chi connectivity index (χ1n) is 4.75. The lowest BCUT2D eigenvalue weighted by Crippen LogP contribution is -2.32. The van der Waals surface area contributed by atoms with Crippen LogP contribution in [0.3, 0.4) is 0 Å². The molecule has 0 aromatic rings. The van der Waals surface area contributed by atoms with E-state index in [1.807, 2.05) is 6.92 Å².